The zero-order chi connectivity index (χ0) is 20.9. The van der Waals surface area contributed by atoms with E-state index in [1.165, 1.54) is 11.8 Å². The summed E-state index contributed by atoms with van der Waals surface area (Å²) in [4.78, 5) is 16.6. The Hall–Kier alpha value is -3.16. The predicted molar refractivity (Wildman–Crippen MR) is 120 cm³/mol. The van der Waals surface area contributed by atoms with Crippen LogP contribution in [0.4, 0.5) is 5.69 Å². The van der Waals surface area contributed by atoms with E-state index in [-0.39, 0.29) is 11.7 Å². The van der Waals surface area contributed by atoms with Gasteiger partial charge in [0.2, 0.25) is 5.91 Å². The van der Waals surface area contributed by atoms with Crippen LogP contribution in [-0.2, 0) is 4.79 Å². The second kappa shape index (κ2) is 9.11. The highest BCUT2D eigenvalue weighted by Crippen LogP contribution is 2.29. The summed E-state index contributed by atoms with van der Waals surface area (Å²) in [6.07, 6.45) is 3.41. The Morgan fingerprint density at radius 3 is 2.63 bits per heavy atom. The number of nitrogens with one attached hydrogen (secondary N) is 1. The Kier molecular flexibility index (Phi) is 6.11. The van der Waals surface area contributed by atoms with Gasteiger partial charge in [-0.25, -0.2) is 0 Å². The summed E-state index contributed by atoms with van der Waals surface area (Å²) in [5.41, 5.74) is 3.50. The van der Waals surface area contributed by atoms with Crippen LogP contribution in [0.1, 0.15) is 5.56 Å². The minimum atomic E-state index is -0.111. The van der Waals surface area contributed by atoms with Gasteiger partial charge in [-0.15, -0.1) is 10.2 Å². The number of halogens is 1. The van der Waals surface area contributed by atoms with Crippen LogP contribution in [0.15, 0.2) is 78.2 Å². The summed E-state index contributed by atoms with van der Waals surface area (Å²) in [6.45, 7) is 1.96. The van der Waals surface area contributed by atoms with Crippen LogP contribution >= 0.6 is 23.4 Å². The molecule has 1 amide bonds. The molecule has 0 aliphatic carbocycles. The fraction of sp³-hybridized carbons (Fsp3) is 0.0909. The van der Waals surface area contributed by atoms with Crippen molar-refractivity contribution in [1.82, 2.24) is 19.7 Å². The molecule has 0 saturated heterocycles. The average Bonchev–Trinajstić information content (AvgIpc) is 3.18. The Morgan fingerprint density at radius 1 is 1.07 bits per heavy atom. The minimum Gasteiger partial charge on any atom is -0.325 e. The van der Waals surface area contributed by atoms with E-state index in [2.05, 4.69) is 20.5 Å². The molecule has 6 nitrogen and oxygen atoms in total. The Balaban J connectivity index is 1.61. The summed E-state index contributed by atoms with van der Waals surface area (Å²) in [5, 5.41) is 12.8. The SMILES string of the molecule is Cc1ccccc1NC(=O)CSc1nnc(-c2ccncc2)n1-c1cccc(Cl)c1. The van der Waals surface area contributed by atoms with Crippen molar-refractivity contribution in [3.05, 3.63) is 83.6 Å². The van der Waals surface area contributed by atoms with Crippen LogP contribution in [0.2, 0.25) is 5.02 Å². The molecule has 30 heavy (non-hydrogen) atoms. The van der Waals surface area contributed by atoms with Gasteiger partial charge in [-0.2, -0.15) is 0 Å². The van der Waals surface area contributed by atoms with Gasteiger partial charge in [0, 0.05) is 28.7 Å². The number of hydrogen-bond donors (Lipinski definition) is 1. The molecule has 0 aliphatic heterocycles. The molecule has 0 spiro atoms. The number of carbonyl (C=O) groups excluding carboxylic acids is 1. The Bertz CT molecular complexity index is 1180. The maximum atomic E-state index is 12.5. The van der Waals surface area contributed by atoms with Crippen molar-refractivity contribution in [2.75, 3.05) is 11.1 Å². The molecule has 4 rings (SSSR count). The lowest BCUT2D eigenvalue weighted by Crippen LogP contribution is -2.15. The van der Waals surface area contributed by atoms with Crippen molar-refractivity contribution in [2.24, 2.45) is 0 Å². The zero-order valence-corrected chi connectivity index (χ0v) is 17.7. The van der Waals surface area contributed by atoms with E-state index in [9.17, 15) is 4.79 Å². The molecule has 0 saturated carbocycles. The van der Waals surface area contributed by atoms with Crippen LogP contribution in [0.5, 0.6) is 0 Å². The summed E-state index contributed by atoms with van der Waals surface area (Å²) < 4.78 is 1.90. The molecule has 0 atom stereocenters. The summed E-state index contributed by atoms with van der Waals surface area (Å²) in [7, 11) is 0. The third-order valence-electron chi connectivity index (χ3n) is 4.39. The molecule has 0 aliphatic rings. The quantitative estimate of drug-likeness (QED) is 0.430. The van der Waals surface area contributed by atoms with Crippen LogP contribution in [0.3, 0.4) is 0 Å². The Morgan fingerprint density at radius 2 is 1.87 bits per heavy atom. The monoisotopic (exact) mass is 435 g/mol. The fourth-order valence-corrected chi connectivity index (χ4v) is 3.87. The number of benzene rings is 2. The van der Waals surface area contributed by atoms with Gasteiger partial charge < -0.3 is 5.32 Å². The average molecular weight is 436 g/mol. The van der Waals surface area contributed by atoms with Crippen molar-refractivity contribution in [3.63, 3.8) is 0 Å². The first kappa shape index (κ1) is 20.1. The number of carbonyl (C=O) groups is 1. The number of para-hydroxylation sites is 1. The number of aromatic nitrogens is 4. The molecule has 0 radical (unpaired) electrons. The maximum Gasteiger partial charge on any atom is 0.234 e. The van der Waals surface area contributed by atoms with E-state index < -0.39 is 0 Å². The number of nitrogens with zero attached hydrogens (tertiary/aromatic N) is 4. The van der Waals surface area contributed by atoms with E-state index in [4.69, 9.17) is 11.6 Å². The van der Waals surface area contributed by atoms with E-state index in [1.807, 2.05) is 72.2 Å². The van der Waals surface area contributed by atoms with Gasteiger partial charge in [0.15, 0.2) is 11.0 Å². The number of anilines is 1. The highest BCUT2D eigenvalue weighted by molar-refractivity contribution is 7.99. The van der Waals surface area contributed by atoms with Gasteiger partial charge in [-0.3, -0.25) is 14.3 Å². The summed E-state index contributed by atoms with van der Waals surface area (Å²) in [5.74, 6) is 0.741. The summed E-state index contributed by atoms with van der Waals surface area (Å²) >= 11 is 7.53. The molecule has 150 valence electrons. The maximum absolute atomic E-state index is 12.5. The smallest absolute Gasteiger partial charge is 0.234 e. The first-order valence-electron chi connectivity index (χ1n) is 9.22. The molecule has 2 heterocycles. The van der Waals surface area contributed by atoms with Crippen LogP contribution in [0, 0.1) is 6.92 Å². The number of rotatable bonds is 6. The first-order chi connectivity index (χ1) is 14.6. The highest BCUT2D eigenvalue weighted by atomic mass is 35.5. The largest absolute Gasteiger partial charge is 0.325 e. The first-order valence-corrected chi connectivity index (χ1v) is 10.6. The van der Waals surface area contributed by atoms with Crippen LogP contribution in [0.25, 0.3) is 17.1 Å². The van der Waals surface area contributed by atoms with Gasteiger partial charge in [0.05, 0.1) is 11.4 Å². The standard InChI is InChI=1S/C22H18ClN5OS/c1-15-5-2-3-8-19(15)25-20(29)14-30-22-27-26-21(16-9-11-24-12-10-16)28(22)18-7-4-6-17(23)13-18/h2-13H,14H2,1H3,(H,25,29). The lowest BCUT2D eigenvalue weighted by Gasteiger charge is -2.11. The van der Waals surface area contributed by atoms with E-state index in [0.717, 1.165) is 22.5 Å². The van der Waals surface area contributed by atoms with Gasteiger partial charge in [0.1, 0.15) is 0 Å². The van der Waals surface area contributed by atoms with Crippen LogP contribution < -0.4 is 5.32 Å². The van der Waals surface area contributed by atoms with Gasteiger partial charge in [-0.05, 0) is 48.9 Å². The van der Waals surface area contributed by atoms with Crippen molar-refractivity contribution >= 4 is 35.0 Å². The topological polar surface area (TPSA) is 72.7 Å². The van der Waals surface area contributed by atoms with Crippen molar-refractivity contribution in [3.8, 4) is 17.1 Å². The number of amides is 1. The molecule has 0 fully saturated rings. The van der Waals surface area contributed by atoms with Gasteiger partial charge in [0.25, 0.3) is 0 Å². The molecule has 2 aromatic heterocycles. The fourth-order valence-electron chi connectivity index (χ4n) is 2.93. The third kappa shape index (κ3) is 4.53. The predicted octanol–water partition coefficient (Wildman–Crippen LogP) is 5.02. The molecule has 4 aromatic rings. The number of pyridine rings is 1. The van der Waals surface area contributed by atoms with E-state index in [0.29, 0.717) is 16.0 Å². The number of aryl methyl sites for hydroxylation is 1. The molecule has 0 unspecified atom stereocenters. The lowest BCUT2D eigenvalue weighted by molar-refractivity contribution is -0.113. The number of thioether (sulfide) groups is 1. The van der Waals surface area contributed by atoms with E-state index >= 15 is 0 Å². The molecule has 0 bridgehead atoms. The number of hydrogen-bond acceptors (Lipinski definition) is 5. The Labute approximate surface area is 183 Å². The molecule has 1 N–H and O–H groups in total. The van der Waals surface area contributed by atoms with Crippen molar-refractivity contribution in [1.29, 1.82) is 0 Å². The van der Waals surface area contributed by atoms with Gasteiger partial charge >= 0.3 is 0 Å². The third-order valence-corrected chi connectivity index (χ3v) is 5.55. The summed E-state index contributed by atoms with van der Waals surface area (Å²) in [6, 6.07) is 18.9. The lowest BCUT2D eigenvalue weighted by atomic mass is 10.2. The molecular formula is C22H18ClN5OS. The zero-order valence-electron chi connectivity index (χ0n) is 16.1. The molecule has 8 heteroatoms. The van der Waals surface area contributed by atoms with E-state index in [1.54, 1.807) is 12.4 Å². The molecular weight excluding hydrogens is 418 g/mol. The molecule has 2 aromatic carbocycles. The van der Waals surface area contributed by atoms with Crippen molar-refractivity contribution in [2.45, 2.75) is 12.1 Å². The highest BCUT2D eigenvalue weighted by Gasteiger charge is 2.17. The second-order valence-corrected chi connectivity index (χ2v) is 7.89. The van der Waals surface area contributed by atoms with Gasteiger partial charge in [-0.1, -0.05) is 47.6 Å². The second-order valence-electron chi connectivity index (χ2n) is 6.51. The normalized spacial score (nSPS) is 10.7. The minimum absolute atomic E-state index is 0.111. The van der Waals surface area contributed by atoms with Crippen LogP contribution in [-0.4, -0.2) is 31.4 Å². The van der Waals surface area contributed by atoms with Crippen molar-refractivity contribution < 1.29 is 4.79 Å².